The summed E-state index contributed by atoms with van der Waals surface area (Å²) in [7, 11) is 2.00. The third-order valence-corrected chi connectivity index (χ3v) is 5.41. The van der Waals surface area contributed by atoms with Crippen LogP contribution in [0.3, 0.4) is 0 Å². The van der Waals surface area contributed by atoms with Gasteiger partial charge in [-0.05, 0) is 38.3 Å². The second kappa shape index (κ2) is 5.62. The lowest BCUT2D eigenvalue weighted by Crippen LogP contribution is -2.18. The first-order chi connectivity index (χ1) is 10.1. The molecule has 0 bridgehead atoms. The summed E-state index contributed by atoms with van der Waals surface area (Å²) in [5.74, 6) is 0. The zero-order valence-corrected chi connectivity index (χ0v) is 13.8. The Hall–Kier alpha value is -1.65. The molecular formula is C17H21N3S. The molecule has 0 saturated carbocycles. The van der Waals surface area contributed by atoms with Crippen LogP contribution < -0.4 is 5.32 Å². The minimum absolute atomic E-state index is 0.349. The fourth-order valence-corrected chi connectivity index (χ4v) is 3.74. The maximum atomic E-state index is 4.48. The summed E-state index contributed by atoms with van der Waals surface area (Å²) in [6.45, 7) is 7.29. The van der Waals surface area contributed by atoms with Crippen molar-refractivity contribution in [3.05, 3.63) is 52.2 Å². The topological polar surface area (TPSA) is 29.9 Å². The number of hydrogen-bond donors (Lipinski definition) is 1. The van der Waals surface area contributed by atoms with E-state index >= 15 is 0 Å². The molecule has 1 unspecified atom stereocenters. The molecule has 0 aliphatic rings. The standard InChI is InChI=1S/C17H21N3S/c1-11-15(13(3)20(4)19-11)10-18-12(2)17-9-14-7-5-6-8-16(14)21-17/h5-9,12,18H,10H2,1-4H3. The van der Waals surface area contributed by atoms with Gasteiger partial charge < -0.3 is 5.32 Å². The van der Waals surface area contributed by atoms with Crippen LogP contribution >= 0.6 is 11.3 Å². The molecule has 2 heterocycles. The molecule has 0 radical (unpaired) electrons. The van der Waals surface area contributed by atoms with Gasteiger partial charge in [-0.2, -0.15) is 5.10 Å². The van der Waals surface area contributed by atoms with Gasteiger partial charge in [-0.3, -0.25) is 4.68 Å². The summed E-state index contributed by atoms with van der Waals surface area (Å²) >= 11 is 1.87. The van der Waals surface area contributed by atoms with Crippen LogP contribution in [0.25, 0.3) is 10.1 Å². The average Bonchev–Trinajstić information content (AvgIpc) is 2.99. The van der Waals surface area contributed by atoms with E-state index in [4.69, 9.17) is 0 Å². The first-order valence-electron chi connectivity index (χ1n) is 7.27. The fourth-order valence-electron chi connectivity index (χ4n) is 2.64. The normalized spacial score (nSPS) is 13.0. The number of thiophene rings is 1. The van der Waals surface area contributed by atoms with Gasteiger partial charge in [-0.1, -0.05) is 18.2 Å². The number of nitrogens with one attached hydrogen (secondary N) is 1. The number of aryl methyl sites for hydroxylation is 2. The van der Waals surface area contributed by atoms with E-state index in [1.54, 1.807) is 0 Å². The summed E-state index contributed by atoms with van der Waals surface area (Å²) in [5, 5.41) is 9.44. The van der Waals surface area contributed by atoms with Crippen molar-refractivity contribution in [2.75, 3.05) is 0 Å². The molecule has 4 heteroatoms. The number of fused-ring (bicyclic) bond motifs is 1. The highest BCUT2D eigenvalue weighted by Crippen LogP contribution is 2.29. The predicted molar refractivity (Wildman–Crippen MR) is 89.8 cm³/mol. The molecule has 0 aliphatic heterocycles. The highest BCUT2D eigenvalue weighted by molar-refractivity contribution is 7.19. The maximum absolute atomic E-state index is 4.48. The molecule has 1 N–H and O–H groups in total. The van der Waals surface area contributed by atoms with Crippen LogP contribution in [0.4, 0.5) is 0 Å². The lowest BCUT2D eigenvalue weighted by atomic mass is 10.1. The Morgan fingerprint density at radius 3 is 2.71 bits per heavy atom. The van der Waals surface area contributed by atoms with Crippen molar-refractivity contribution >= 4 is 21.4 Å². The van der Waals surface area contributed by atoms with Crippen LogP contribution in [0.15, 0.2) is 30.3 Å². The first kappa shape index (κ1) is 14.3. The Bertz CT molecular complexity index is 737. The highest BCUT2D eigenvalue weighted by atomic mass is 32.1. The molecule has 21 heavy (non-hydrogen) atoms. The van der Waals surface area contributed by atoms with Gasteiger partial charge in [0.2, 0.25) is 0 Å². The third kappa shape index (κ3) is 2.74. The van der Waals surface area contributed by atoms with E-state index < -0.39 is 0 Å². The molecule has 0 saturated heterocycles. The predicted octanol–water partition coefficient (Wildman–Crippen LogP) is 4.10. The van der Waals surface area contributed by atoms with Crippen molar-refractivity contribution in [2.24, 2.45) is 7.05 Å². The lowest BCUT2D eigenvalue weighted by molar-refractivity contribution is 0.580. The van der Waals surface area contributed by atoms with Crippen LogP contribution in [0.5, 0.6) is 0 Å². The second-order valence-corrected chi connectivity index (χ2v) is 6.68. The van der Waals surface area contributed by atoms with Gasteiger partial charge in [0.1, 0.15) is 0 Å². The molecule has 110 valence electrons. The van der Waals surface area contributed by atoms with E-state index in [-0.39, 0.29) is 0 Å². The van der Waals surface area contributed by atoms with Gasteiger partial charge in [-0.25, -0.2) is 0 Å². The van der Waals surface area contributed by atoms with Crippen molar-refractivity contribution in [1.82, 2.24) is 15.1 Å². The largest absolute Gasteiger partial charge is 0.305 e. The zero-order chi connectivity index (χ0) is 15.0. The first-order valence-corrected chi connectivity index (χ1v) is 8.09. The quantitative estimate of drug-likeness (QED) is 0.786. The van der Waals surface area contributed by atoms with Crippen molar-refractivity contribution < 1.29 is 0 Å². The molecule has 1 aromatic carbocycles. The Morgan fingerprint density at radius 1 is 1.29 bits per heavy atom. The summed E-state index contributed by atoms with van der Waals surface area (Å²) in [6.07, 6.45) is 0. The number of benzene rings is 1. The SMILES string of the molecule is Cc1nn(C)c(C)c1CNC(C)c1cc2ccccc2s1. The highest BCUT2D eigenvalue weighted by Gasteiger charge is 2.13. The minimum Gasteiger partial charge on any atom is -0.305 e. The fraction of sp³-hybridized carbons (Fsp3) is 0.353. The number of rotatable bonds is 4. The summed E-state index contributed by atoms with van der Waals surface area (Å²) in [5.41, 5.74) is 3.67. The van der Waals surface area contributed by atoms with Crippen LogP contribution in [0, 0.1) is 13.8 Å². The van der Waals surface area contributed by atoms with Gasteiger partial charge in [-0.15, -0.1) is 11.3 Å². The molecular weight excluding hydrogens is 278 g/mol. The van der Waals surface area contributed by atoms with Gasteiger partial charge in [0.25, 0.3) is 0 Å². The van der Waals surface area contributed by atoms with Crippen molar-refractivity contribution in [3.63, 3.8) is 0 Å². The van der Waals surface area contributed by atoms with Gasteiger partial charge in [0.05, 0.1) is 5.69 Å². The molecule has 2 aromatic heterocycles. The summed E-state index contributed by atoms with van der Waals surface area (Å²) in [4.78, 5) is 1.38. The van der Waals surface area contributed by atoms with E-state index in [1.165, 1.54) is 26.2 Å². The Balaban J connectivity index is 1.75. The van der Waals surface area contributed by atoms with Gasteiger partial charge >= 0.3 is 0 Å². The zero-order valence-electron chi connectivity index (χ0n) is 13.0. The van der Waals surface area contributed by atoms with Crippen molar-refractivity contribution in [3.8, 4) is 0 Å². The molecule has 1 atom stereocenters. The maximum Gasteiger partial charge on any atom is 0.0641 e. The monoisotopic (exact) mass is 299 g/mol. The van der Waals surface area contributed by atoms with E-state index in [2.05, 4.69) is 61.5 Å². The van der Waals surface area contributed by atoms with Crippen LogP contribution in [0.2, 0.25) is 0 Å². The molecule has 3 nitrogen and oxygen atoms in total. The van der Waals surface area contributed by atoms with E-state index in [1.807, 2.05) is 23.1 Å². The third-order valence-electron chi connectivity index (χ3n) is 4.12. The molecule has 0 amide bonds. The van der Waals surface area contributed by atoms with E-state index in [9.17, 15) is 0 Å². The molecule has 0 spiro atoms. The number of nitrogens with zero attached hydrogens (tertiary/aromatic N) is 2. The molecule has 3 aromatic rings. The van der Waals surface area contributed by atoms with Crippen LogP contribution in [-0.4, -0.2) is 9.78 Å². The van der Waals surface area contributed by atoms with Crippen LogP contribution in [-0.2, 0) is 13.6 Å². The van der Waals surface area contributed by atoms with Gasteiger partial charge in [0.15, 0.2) is 0 Å². The Morgan fingerprint density at radius 2 is 2.05 bits per heavy atom. The van der Waals surface area contributed by atoms with Crippen molar-refractivity contribution in [1.29, 1.82) is 0 Å². The van der Waals surface area contributed by atoms with Crippen molar-refractivity contribution in [2.45, 2.75) is 33.4 Å². The summed E-state index contributed by atoms with van der Waals surface area (Å²) < 4.78 is 3.31. The lowest BCUT2D eigenvalue weighted by Gasteiger charge is -2.12. The average molecular weight is 299 g/mol. The number of aromatic nitrogens is 2. The summed E-state index contributed by atoms with van der Waals surface area (Å²) in [6, 6.07) is 11.2. The molecule has 0 aliphatic carbocycles. The van der Waals surface area contributed by atoms with Gasteiger partial charge in [0, 0.05) is 40.5 Å². The Kier molecular flexibility index (Phi) is 3.83. The molecule has 3 rings (SSSR count). The van der Waals surface area contributed by atoms with E-state index in [0.717, 1.165) is 12.2 Å². The second-order valence-electron chi connectivity index (χ2n) is 5.56. The van der Waals surface area contributed by atoms with E-state index in [0.29, 0.717) is 6.04 Å². The minimum atomic E-state index is 0.349. The Labute approximate surface area is 129 Å². The number of hydrogen-bond acceptors (Lipinski definition) is 3. The smallest absolute Gasteiger partial charge is 0.0641 e. The molecule has 0 fully saturated rings. The van der Waals surface area contributed by atoms with Crippen LogP contribution in [0.1, 0.15) is 34.8 Å².